The van der Waals surface area contributed by atoms with Crippen molar-refractivity contribution in [1.29, 1.82) is 0 Å². The zero-order valence-corrected chi connectivity index (χ0v) is 15.2. The fourth-order valence-corrected chi connectivity index (χ4v) is 3.61. The Morgan fingerprint density at radius 1 is 1.23 bits per heavy atom. The van der Waals surface area contributed by atoms with E-state index in [4.69, 9.17) is 9.15 Å². The average Bonchev–Trinajstić information content (AvgIpc) is 3.22. The summed E-state index contributed by atoms with van der Waals surface area (Å²) in [5.74, 6) is -1.51. The first-order valence-electron chi connectivity index (χ1n) is 8.69. The van der Waals surface area contributed by atoms with Gasteiger partial charge in [0.1, 0.15) is 5.72 Å². The van der Waals surface area contributed by atoms with E-state index in [0.29, 0.717) is 25.9 Å². The maximum atomic E-state index is 12.9. The molecule has 0 unspecified atom stereocenters. The maximum absolute atomic E-state index is 12.9. The van der Waals surface area contributed by atoms with Gasteiger partial charge in [-0.1, -0.05) is 20.8 Å². The minimum atomic E-state index is -1.12. The molecule has 2 aliphatic rings. The van der Waals surface area contributed by atoms with E-state index in [1.54, 1.807) is 11.0 Å². The Kier molecular flexibility index (Phi) is 4.56. The quantitative estimate of drug-likeness (QED) is 0.855. The highest BCUT2D eigenvalue weighted by atomic mass is 16.5. The van der Waals surface area contributed by atoms with Gasteiger partial charge in [-0.25, -0.2) is 4.79 Å². The Labute approximate surface area is 151 Å². The number of hydrogen-bond acceptors (Lipinski definition) is 5. The molecule has 8 nitrogen and oxygen atoms in total. The molecule has 3 heterocycles. The fourth-order valence-electron chi connectivity index (χ4n) is 3.61. The molecule has 1 aromatic heterocycles. The summed E-state index contributed by atoms with van der Waals surface area (Å²) in [6, 6.07) is 2.01. The van der Waals surface area contributed by atoms with Crippen molar-refractivity contribution >= 4 is 17.8 Å². The Morgan fingerprint density at radius 3 is 2.38 bits per heavy atom. The first kappa shape index (κ1) is 18.4. The lowest BCUT2D eigenvalue weighted by Crippen LogP contribution is -2.59. The number of carboxylic acids is 1. The zero-order valence-electron chi connectivity index (χ0n) is 15.2. The molecule has 1 spiro atoms. The molecule has 0 aliphatic carbocycles. The van der Waals surface area contributed by atoms with Crippen LogP contribution in [0.3, 0.4) is 0 Å². The molecule has 0 saturated carbocycles. The highest BCUT2D eigenvalue weighted by Crippen LogP contribution is 2.39. The van der Waals surface area contributed by atoms with Crippen molar-refractivity contribution < 1.29 is 28.6 Å². The summed E-state index contributed by atoms with van der Waals surface area (Å²) in [6.45, 7) is 6.32. The van der Waals surface area contributed by atoms with Gasteiger partial charge in [-0.2, -0.15) is 0 Å². The van der Waals surface area contributed by atoms with Crippen molar-refractivity contribution in [3.8, 4) is 0 Å². The van der Waals surface area contributed by atoms with Crippen LogP contribution in [0.15, 0.2) is 22.8 Å². The average molecular weight is 364 g/mol. The number of likely N-dealkylation sites (tertiary alicyclic amines) is 1. The Hall–Kier alpha value is -2.35. The lowest BCUT2D eigenvalue weighted by Gasteiger charge is -2.45. The smallest absolute Gasteiger partial charge is 0.328 e. The lowest BCUT2D eigenvalue weighted by molar-refractivity contribution is -0.152. The molecule has 2 aliphatic heterocycles. The van der Waals surface area contributed by atoms with E-state index in [2.05, 4.69) is 0 Å². The predicted octanol–water partition coefficient (Wildman–Crippen LogP) is 1.57. The summed E-state index contributed by atoms with van der Waals surface area (Å²) >= 11 is 0. The van der Waals surface area contributed by atoms with Crippen LogP contribution in [0.1, 0.15) is 44.2 Å². The molecule has 26 heavy (non-hydrogen) atoms. The SMILES string of the molecule is CC(C)(C)C(=O)N1CCC2(CC1)OC[C@@H](C(=O)O)N2C(=O)c1ccco1. The van der Waals surface area contributed by atoms with E-state index in [1.165, 1.54) is 17.2 Å². The highest BCUT2D eigenvalue weighted by molar-refractivity contribution is 5.95. The van der Waals surface area contributed by atoms with Gasteiger partial charge in [-0.15, -0.1) is 0 Å². The molecular formula is C18H24N2O6. The predicted molar refractivity (Wildman–Crippen MR) is 90.3 cm³/mol. The van der Waals surface area contributed by atoms with Crippen LogP contribution < -0.4 is 0 Å². The van der Waals surface area contributed by atoms with Gasteiger partial charge in [0.15, 0.2) is 11.8 Å². The number of carbonyl (C=O) groups is 3. The number of amides is 2. The summed E-state index contributed by atoms with van der Waals surface area (Å²) in [5.41, 5.74) is -1.52. The molecule has 0 radical (unpaired) electrons. The first-order valence-corrected chi connectivity index (χ1v) is 8.69. The molecule has 2 fully saturated rings. The molecule has 1 N–H and O–H groups in total. The second kappa shape index (κ2) is 6.42. The van der Waals surface area contributed by atoms with Crippen molar-refractivity contribution in [3.63, 3.8) is 0 Å². The zero-order chi connectivity index (χ0) is 19.1. The van der Waals surface area contributed by atoms with E-state index in [0.717, 1.165) is 0 Å². The van der Waals surface area contributed by atoms with Gasteiger partial charge in [-0.3, -0.25) is 14.5 Å². The third-order valence-corrected chi connectivity index (χ3v) is 4.97. The van der Waals surface area contributed by atoms with Crippen LogP contribution >= 0.6 is 0 Å². The largest absolute Gasteiger partial charge is 0.480 e. The number of furan rings is 1. The summed E-state index contributed by atoms with van der Waals surface area (Å²) < 4.78 is 11.0. The van der Waals surface area contributed by atoms with Crippen molar-refractivity contribution in [2.75, 3.05) is 19.7 Å². The van der Waals surface area contributed by atoms with Gasteiger partial charge < -0.3 is 19.2 Å². The second-order valence-electron chi connectivity index (χ2n) is 7.81. The van der Waals surface area contributed by atoms with Gasteiger partial charge in [0.25, 0.3) is 5.91 Å². The third kappa shape index (κ3) is 3.09. The number of nitrogens with zero attached hydrogens (tertiary/aromatic N) is 2. The molecule has 8 heteroatoms. The normalized spacial score (nSPS) is 22.7. The van der Waals surface area contributed by atoms with Gasteiger partial charge in [0, 0.05) is 31.3 Å². The van der Waals surface area contributed by atoms with Crippen molar-refractivity contribution in [2.45, 2.75) is 45.4 Å². The molecule has 0 aromatic carbocycles. The first-order chi connectivity index (χ1) is 12.2. The minimum Gasteiger partial charge on any atom is -0.480 e. The monoisotopic (exact) mass is 364 g/mol. The molecule has 3 rings (SSSR count). The van der Waals surface area contributed by atoms with E-state index in [9.17, 15) is 19.5 Å². The standard InChI is InChI=1S/C18H24N2O6/c1-17(2,3)16(24)19-8-6-18(7-9-19)20(12(11-26-18)15(22)23)14(21)13-5-4-10-25-13/h4-5,10,12H,6-9,11H2,1-3H3,(H,22,23)/t12-/m0/s1. The van der Waals surface area contributed by atoms with Gasteiger partial charge in [-0.05, 0) is 12.1 Å². The summed E-state index contributed by atoms with van der Waals surface area (Å²) in [5, 5.41) is 9.52. The molecule has 2 amide bonds. The van der Waals surface area contributed by atoms with Crippen LogP contribution in [0.2, 0.25) is 0 Å². The topological polar surface area (TPSA) is 100 Å². The molecule has 1 aromatic rings. The van der Waals surface area contributed by atoms with Crippen molar-refractivity contribution in [1.82, 2.24) is 9.80 Å². The molecule has 142 valence electrons. The van der Waals surface area contributed by atoms with E-state index in [1.807, 2.05) is 20.8 Å². The molecule has 2 saturated heterocycles. The summed E-state index contributed by atoms with van der Waals surface area (Å²) in [6.07, 6.45) is 2.10. The molecule has 0 bridgehead atoms. The van der Waals surface area contributed by atoms with Gasteiger partial charge >= 0.3 is 5.97 Å². The van der Waals surface area contributed by atoms with Crippen LogP contribution in [0, 0.1) is 5.41 Å². The van der Waals surface area contributed by atoms with Gasteiger partial charge in [0.05, 0.1) is 12.9 Å². The van der Waals surface area contributed by atoms with Crippen LogP contribution in [-0.2, 0) is 14.3 Å². The minimum absolute atomic E-state index is 0.0315. The second-order valence-corrected chi connectivity index (χ2v) is 7.81. The van der Waals surface area contributed by atoms with E-state index >= 15 is 0 Å². The number of carboxylic acid groups (broad SMARTS) is 1. The Bertz CT molecular complexity index is 698. The van der Waals surface area contributed by atoms with Crippen LogP contribution in [0.25, 0.3) is 0 Å². The number of carbonyl (C=O) groups excluding carboxylic acids is 2. The number of hydrogen-bond donors (Lipinski definition) is 1. The van der Waals surface area contributed by atoms with Crippen molar-refractivity contribution in [3.05, 3.63) is 24.2 Å². The molecule has 1 atom stereocenters. The maximum Gasteiger partial charge on any atom is 0.328 e. The highest BCUT2D eigenvalue weighted by Gasteiger charge is 2.55. The van der Waals surface area contributed by atoms with E-state index < -0.39 is 29.1 Å². The fraction of sp³-hybridized carbons (Fsp3) is 0.611. The Morgan fingerprint density at radius 2 is 1.88 bits per heavy atom. The number of rotatable bonds is 2. The number of aliphatic carboxylic acids is 1. The van der Waals surface area contributed by atoms with E-state index in [-0.39, 0.29) is 18.3 Å². The lowest BCUT2D eigenvalue weighted by atomic mass is 9.91. The van der Waals surface area contributed by atoms with Crippen LogP contribution in [0.4, 0.5) is 0 Å². The van der Waals surface area contributed by atoms with Crippen LogP contribution in [0.5, 0.6) is 0 Å². The summed E-state index contributed by atoms with van der Waals surface area (Å²) in [4.78, 5) is 40.1. The number of piperidine rings is 1. The number of ether oxygens (including phenoxy) is 1. The van der Waals surface area contributed by atoms with Gasteiger partial charge in [0.2, 0.25) is 5.91 Å². The summed E-state index contributed by atoms with van der Waals surface area (Å²) in [7, 11) is 0. The Balaban J connectivity index is 1.83. The van der Waals surface area contributed by atoms with Crippen molar-refractivity contribution in [2.24, 2.45) is 5.41 Å². The third-order valence-electron chi connectivity index (χ3n) is 4.97. The van der Waals surface area contributed by atoms with Crippen LogP contribution in [-0.4, -0.2) is 64.2 Å². The molecular weight excluding hydrogens is 340 g/mol.